The minimum absolute atomic E-state index is 0.0199. The van der Waals surface area contributed by atoms with Crippen LogP contribution < -0.4 is 16.0 Å². The molecule has 0 aliphatic heterocycles. The van der Waals surface area contributed by atoms with Gasteiger partial charge in [-0.1, -0.05) is 17.7 Å². The number of benzene rings is 2. The molecule has 24 heavy (non-hydrogen) atoms. The summed E-state index contributed by atoms with van der Waals surface area (Å²) in [5.41, 5.74) is -1.90. The SMILES string of the molecule is COc1cccc2c(=O)n(S(=O)(=O)c3ccc(Cl)cc3)c(=O)[nH]c12. The van der Waals surface area contributed by atoms with Crippen molar-refractivity contribution >= 4 is 32.5 Å². The van der Waals surface area contributed by atoms with Gasteiger partial charge in [-0.2, -0.15) is 0 Å². The molecule has 9 heteroatoms. The van der Waals surface area contributed by atoms with Gasteiger partial charge in [0, 0.05) is 5.02 Å². The summed E-state index contributed by atoms with van der Waals surface area (Å²) in [5, 5.41) is 0.352. The minimum atomic E-state index is -4.37. The number of rotatable bonds is 3. The van der Waals surface area contributed by atoms with Gasteiger partial charge < -0.3 is 9.72 Å². The van der Waals surface area contributed by atoms with E-state index in [9.17, 15) is 18.0 Å². The second kappa shape index (κ2) is 5.81. The predicted octanol–water partition coefficient (Wildman–Crippen LogP) is 1.59. The Labute approximate surface area is 141 Å². The molecule has 0 radical (unpaired) electrons. The van der Waals surface area contributed by atoms with Crippen LogP contribution in [0, 0.1) is 0 Å². The van der Waals surface area contributed by atoms with E-state index in [4.69, 9.17) is 16.3 Å². The zero-order valence-electron chi connectivity index (χ0n) is 12.3. The average molecular weight is 367 g/mol. The number of para-hydroxylation sites is 1. The maximum atomic E-state index is 12.7. The smallest absolute Gasteiger partial charge is 0.343 e. The van der Waals surface area contributed by atoms with Gasteiger partial charge >= 0.3 is 5.69 Å². The monoisotopic (exact) mass is 366 g/mol. The summed E-state index contributed by atoms with van der Waals surface area (Å²) in [6.45, 7) is 0. The molecule has 124 valence electrons. The third kappa shape index (κ3) is 2.49. The first-order valence-corrected chi connectivity index (χ1v) is 8.51. The van der Waals surface area contributed by atoms with Crippen molar-refractivity contribution in [3.05, 3.63) is 68.3 Å². The van der Waals surface area contributed by atoms with Crippen LogP contribution in [-0.2, 0) is 10.0 Å². The van der Waals surface area contributed by atoms with Crippen molar-refractivity contribution in [1.82, 2.24) is 8.96 Å². The number of methoxy groups -OCH3 is 1. The number of aromatic nitrogens is 2. The Balaban J connectivity index is 2.37. The van der Waals surface area contributed by atoms with Crippen LogP contribution in [0.15, 0.2) is 56.9 Å². The van der Waals surface area contributed by atoms with E-state index >= 15 is 0 Å². The van der Waals surface area contributed by atoms with Crippen molar-refractivity contribution in [2.24, 2.45) is 0 Å². The zero-order valence-corrected chi connectivity index (χ0v) is 13.9. The highest BCUT2D eigenvalue weighted by Gasteiger charge is 2.23. The summed E-state index contributed by atoms with van der Waals surface area (Å²) in [7, 11) is -2.99. The predicted molar refractivity (Wildman–Crippen MR) is 89.4 cm³/mol. The topological polar surface area (TPSA) is 98.2 Å². The van der Waals surface area contributed by atoms with Gasteiger partial charge in [0.25, 0.3) is 15.6 Å². The van der Waals surface area contributed by atoms with Crippen LogP contribution in [0.1, 0.15) is 0 Å². The first kappa shape index (κ1) is 16.3. The average Bonchev–Trinajstić information content (AvgIpc) is 2.54. The number of hydrogen-bond acceptors (Lipinski definition) is 5. The van der Waals surface area contributed by atoms with Crippen LogP contribution in [-0.4, -0.2) is 24.5 Å². The summed E-state index contributed by atoms with van der Waals surface area (Å²) in [6.07, 6.45) is 0. The van der Waals surface area contributed by atoms with Gasteiger partial charge in [0.05, 0.1) is 22.9 Å². The number of nitrogens with zero attached hydrogens (tertiary/aromatic N) is 1. The fraction of sp³-hybridized carbons (Fsp3) is 0.0667. The number of hydrogen-bond donors (Lipinski definition) is 1. The Kier molecular flexibility index (Phi) is 3.94. The molecule has 1 aromatic heterocycles. The van der Waals surface area contributed by atoms with Crippen LogP contribution in [0.2, 0.25) is 5.02 Å². The highest BCUT2D eigenvalue weighted by molar-refractivity contribution is 7.90. The van der Waals surface area contributed by atoms with Crippen LogP contribution in [0.25, 0.3) is 10.9 Å². The van der Waals surface area contributed by atoms with E-state index in [0.29, 0.717) is 5.02 Å². The maximum absolute atomic E-state index is 12.7. The Morgan fingerprint density at radius 2 is 1.75 bits per heavy atom. The number of ether oxygens (including phenoxy) is 1. The summed E-state index contributed by atoms with van der Waals surface area (Å²) >= 11 is 5.74. The molecule has 0 saturated carbocycles. The third-order valence-corrected chi connectivity index (χ3v) is 5.36. The third-order valence-electron chi connectivity index (χ3n) is 3.43. The van der Waals surface area contributed by atoms with E-state index < -0.39 is 21.3 Å². The largest absolute Gasteiger partial charge is 0.495 e. The first-order chi connectivity index (χ1) is 11.4. The van der Waals surface area contributed by atoms with Crippen molar-refractivity contribution in [2.75, 3.05) is 7.11 Å². The van der Waals surface area contributed by atoms with Gasteiger partial charge in [-0.05, 0) is 36.4 Å². The second-order valence-corrected chi connectivity index (χ2v) is 7.06. The molecule has 7 nitrogen and oxygen atoms in total. The highest BCUT2D eigenvalue weighted by atomic mass is 35.5. The van der Waals surface area contributed by atoms with Crippen LogP contribution in [0.3, 0.4) is 0 Å². The molecule has 0 unspecified atom stereocenters. The Morgan fingerprint density at radius 3 is 2.38 bits per heavy atom. The van der Waals surface area contributed by atoms with E-state index in [1.165, 1.54) is 43.5 Å². The van der Waals surface area contributed by atoms with Crippen molar-refractivity contribution < 1.29 is 13.2 Å². The number of fused-ring (bicyclic) bond motifs is 1. The lowest BCUT2D eigenvalue weighted by molar-refractivity contribution is 0.418. The first-order valence-electron chi connectivity index (χ1n) is 6.69. The van der Waals surface area contributed by atoms with E-state index in [1.807, 2.05) is 0 Å². The molecule has 0 atom stereocenters. The lowest BCUT2D eigenvalue weighted by Crippen LogP contribution is -2.40. The summed E-state index contributed by atoms with van der Waals surface area (Å²) in [4.78, 5) is 27.0. The van der Waals surface area contributed by atoms with Gasteiger partial charge in [-0.15, -0.1) is 3.97 Å². The van der Waals surface area contributed by atoms with E-state index in [-0.39, 0.29) is 25.5 Å². The molecule has 1 heterocycles. The Bertz CT molecular complexity index is 1150. The van der Waals surface area contributed by atoms with Crippen molar-refractivity contribution in [1.29, 1.82) is 0 Å². The molecule has 0 amide bonds. The van der Waals surface area contributed by atoms with Gasteiger partial charge in [0.2, 0.25) is 0 Å². The number of aromatic amines is 1. The van der Waals surface area contributed by atoms with E-state index in [2.05, 4.69) is 4.98 Å². The van der Waals surface area contributed by atoms with Gasteiger partial charge in [0.15, 0.2) is 0 Å². The number of H-pyrrole nitrogens is 1. The second-order valence-electron chi connectivity index (χ2n) is 4.84. The summed E-state index contributed by atoms with van der Waals surface area (Å²) in [6, 6.07) is 9.65. The normalized spacial score (nSPS) is 11.6. The molecule has 1 N–H and O–H groups in total. The number of nitrogens with one attached hydrogen (secondary N) is 1. The quantitative estimate of drug-likeness (QED) is 0.759. The van der Waals surface area contributed by atoms with Crippen LogP contribution in [0.4, 0.5) is 0 Å². The lowest BCUT2D eigenvalue weighted by Gasteiger charge is -2.09. The molecule has 0 aliphatic carbocycles. The molecule has 2 aromatic carbocycles. The Hall–Kier alpha value is -2.58. The molecule has 3 aromatic rings. The molecule has 0 fully saturated rings. The lowest BCUT2D eigenvalue weighted by atomic mass is 10.2. The van der Waals surface area contributed by atoms with Crippen molar-refractivity contribution in [2.45, 2.75) is 4.90 Å². The molecule has 0 saturated heterocycles. The molecular formula is C15H11ClN2O5S. The zero-order chi connectivity index (χ0) is 17.5. The van der Waals surface area contributed by atoms with E-state index in [1.54, 1.807) is 6.07 Å². The molecule has 3 rings (SSSR count). The molecule has 0 spiro atoms. The fourth-order valence-electron chi connectivity index (χ4n) is 2.30. The van der Waals surface area contributed by atoms with Crippen LogP contribution in [0.5, 0.6) is 5.75 Å². The molecule has 0 aliphatic rings. The van der Waals surface area contributed by atoms with Gasteiger partial charge in [0.1, 0.15) is 5.75 Å². The van der Waals surface area contributed by atoms with Gasteiger partial charge in [-0.25, -0.2) is 13.2 Å². The maximum Gasteiger partial charge on any atom is 0.343 e. The number of halogens is 1. The fourth-order valence-corrected chi connectivity index (χ4v) is 3.70. The standard InChI is InChI=1S/C15H11ClN2O5S/c1-23-12-4-2-3-11-13(12)17-15(20)18(14(11)19)24(21,22)10-7-5-9(16)6-8-10/h2-8H,1H3,(H,17,20). The minimum Gasteiger partial charge on any atom is -0.495 e. The molecule has 0 bridgehead atoms. The summed E-state index contributed by atoms with van der Waals surface area (Å²) < 4.78 is 30.6. The summed E-state index contributed by atoms with van der Waals surface area (Å²) in [5.74, 6) is 0.262. The van der Waals surface area contributed by atoms with Gasteiger partial charge in [-0.3, -0.25) is 4.79 Å². The highest BCUT2D eigenvalue weighted by Crippen LogP contribution is 2.20. The van der Waals surface area contributed by atoms with Crippen molar-refractivity contribution in [3.8, 4) is 5.75 Å². The van der Waals surface area contributed by atoms with Crippen molar-refractivity contribution in [3.63, 3.8) is 0 Å². The Morgan fingerprint density at radius 1 is 1.08 bits per heavy atom. The van der Waals surface area contributed by atoms with Crippen LogP contribution >= 0.6 is 11.6 Å². The molecular weight excluding hydrogens is 356 g/mol. The van der Waals surface area contributed by atoms with E-state index in [0.717, 1.165) is 0 Å².